The van der Waals surface area contributed by atoms with Crippen LogP contribution in [0.5, 0.6) is 0 Å². The largest absolute Gasteiger partial charge is 0.416 e. The fourth-order valence-corrected chi connectivity index (χ4v) is 3.06. The third kappa shape index (κ3) is 4.88. The average Bonchev–Trinajstić information content (AvgIpc) is 2.53. The van der Waals surface area contributed by atoms with Crippen LogP contribution in [0.2, 0.25) is 5.02 Å². The lowest BCUT2D eigenvalue weighted by Gasteiger charge is -2.15. The number of halogens is 4. The van der Waals surface area contributed by atoms with Crippen molar-refractivity contribution in [3.63, 3.8) is 0 Å². The van der Waals surface area contributed by atoms with E-state index in [0.717, 1.165) is 46.9 Å². The number of nitrogens with zero attached hydrogens (tertiary/aromatic N) is 2. The lowest BCUT2D eigenvalue weighted by Crippen LogP contribution is -2.23. The SMILES string of the molecule is Cc1nc(S[C@H](C)C(=O)Nc2cc(C(F)(F)F)ccc2Cl)nc(C)c1C. The number of nitrogens with one attached hydrogen (secondary N) is 1. The van der Waals surface area contributed by atoms with Crippen LogP contribution in [0.4, 0.5) is 18.9 Å². The molecule has 0 spiro atoms. The molecule has 1 aromatic heterocycles. The van der Waals surface area contributed by atoms with Crippen molar-refractivity contribution in [1.82, 2.24) is 9.97 Å². The highest BCUT2D eigenvalue weighted by Crippen LogP contribution is 2.34. The molecular weight excluding hydrogens is 387 g/mol. The summed E-state index contributed by atoms with van der Waals surface area (Å²) in [7, 11) is 0. The summed E-state index contributed by atoms with van der Waals surface area (Å²) in [6, 6.07) is 2.78. The van der Waals surface area contributed by atoms with Crippen molar-refractivity contribution in [3.05, 3.63) is 45.7 Å². The highest BCUT2D eigenvalue weighted by molar-refractivity contribution is 8.00. The summed E-state index contributed by atoms with van der Waals surface area (Å²) in [6.07, 6.45) is -4.52. The van der Waals surface area contributed by atoms with Gasteiger partial charge in [-0.05, 0) is 51.5 Å². The summed E-state index contributed by atoms with van der Waals surface area (Å²) >= 11 is 7.02. The van der Waals surface area contributed by atoms with Crippen LogP contribution >= 0.6 is 23.4 Å². The Hall–Kier alpha value is -1.80. The Kier molecular flexibility index (Phi) is 6.18. The number of thioether (sulfide) groups is 1. The van der Waals surface area contributed by atoms with Crippen molar-refractivity contribution in [2.45, 2.75) is 44.3 Å². The molecule has 1 atom stereocenters. The molecule has 4 nitrogen and oxygen atoms in total. The number of hydrogen-bond donors (Lipinski definition) is 1. The zero-order valence-corrected chi connectivity index (χ0v) is 16.1. The van der Waals surface area contributed by atoms with Crippen LogP contribution in [0.3, 0.4) is 0 Å². The molecule has 0 unspecified atom stereocenters. The first-order valence-electron chi connectivity index (χ1n) is 7.65. The standard InChI is InChI=1S/C17H17ClF3N3OS/c1-8-9(2)22-16(23-10(8)3)26-11(4)15(25)24-14-7-12(17(19,20)21)5-6-13(14)18/h5-7,11H,1-4H3,(H,24,25)/t11-/m1/s1. The molecule has 0 radical (unpaired) electrons. The number of amides is 1. The second-order valence-electron chi connectivity index (χ2n) is 5.74. The van der Waals surface area contributed by atoms with E-state index in [2.05, 4.69) is 15.3 Å². The van der Waals surface area contributed by atoms with Gasteiger partial charge in [0.2, 0.25) is 5.91 Å². The van der Waals surface area contributed by atoms with Gasteiger partial charge in [0.1, 0.15) is 0 Å². The monoisotopic (exact) mass is 403 g/mol. The van der Waals surface area contributed by atoms with Gasteiger partial charge in [0.15, 0.2) is 5.16 Å². The minimum atomic E-state index is -4.52. The molecule has 1 aromatic carbocycles. The van der Waals surface area contributed by atoms with Crippen LogP contribution in [0.1, 0.15) is 29.4 Å². The number of aryl methyl sites for hydroxylation is 2. The molecule has 2 aromatic rings. The topological polar surface area (TPSA) is 54.9 Å². The molecule has 0 saturated heterocycles. The number of aromatic nitrogens is 2. The number of benzene rings is 1. The molecule has 2 rings (SSSR count). The molecule has 1 amide bonds. The summed E-state index contributed by atoms with van der Waals surface area (Å²) in [5.41, 5.74) is 1.63. The maximum atomic E-state index is 12.8. The van der Waals surface area contributed by atoms with Crippen molar-refractivity contribution in [1.29, 1.82) is 0 Å². The van der Waals surface area contributed by atoms with Crippen molar-refractivity contribution in [2.75, 3.05) is 5.32 Å². The van der Waals surface area contributed by atoms with E-state index >= 15 is 0 Å². The van der Waals surface area contributed by atoms with Gasteiger partial charge in [-0.2, -0.15) is 13.2 Å². The van der Waals surface area contributed by atoms with Crippen molar-refractivity contribution in [3.8, 4) is 0 Å². The quantitative estimate of drug-likeness (QED) is 0.563. The summed E-state index contributed by atoms with van der Waals surface area (Å²) < 4.78 is 38.4. The van der Waals surface area contributed by atoms with E-state index in [1.54, 1.807) is 6.92 Å². The number of carbonyl (C=O) groups excluding carboxylic acids is 1. The minimum absolute atomic E-state index is 0.0295. The van der Waals surface area contributed by atoms with Crippen LogP contribution in [0, 0.1) is 20.8 Å². The highest BCUT2D eigenvalue weighted by Gasteiger charge is 2.31. The van der Waals surface area contributed by atoms with Gasteiger partial charge in [-0.1, -0.05) is 23.4 Å². The van der Waals surface area contributed by atoms with E-state index in [9.17, 15) is 18.0 Å². The van der Waals surface area contributed by atoms with E-state index in [4.69, 9.17) is 11.6 Å². The second-order valence-corrected chi connectivity index (χ2v) is 7.46. The van der Waals surface area contributed by atoms with E-state index in [1.165, 1.54) is 0 Å². The fraction of sp³-hybridized carbons (Fsp3) is 0.353. The Balaban J connectivity index is 2.15. The number of rotatable bonds is 4. The van der Waals surface area contributed by atoms with Gasteiger partial charge in [-0.25, -0.2) is 9.97 Å². The first-order chi connectivity index (χ1) is 12.0. The van der Waals surface area contributed by atoms with Gasteiger partial charge in [0, 0.05) is 11.4 Å². The Morgan fingerprint density at radius 2 is 1.77 bits per heavy atom. The average molecular weight is 404 g/mol. The van der Waals surface area contributed by atoms with Gasteiger partial charge in [-0.3, -0.25) is 4.79 Å². The third-order valence-corrected chi connectivity index (χ3v) is 5.11. The Bertz CT molecular complexity index is 819. The van der Waals surface area contributed by atoms with E-state index in [-0.39, 0.29) is 10.7 Å². The molecule has 140 valence electrons. The lowest BCUT2D eigenvalue weighted by atomic mass is 10.2. The molecule has 0 fully saturated rings. The first-order valence-corrected chi connectivity index (χ1v) is 8.91. The molecule has 0 saturated carbocycles. The lowest BCUT2D eigenvalue weighted by molar-refractivity contribution is -0.137. The molecule has 1 N–H and O–H groups in total. The molecule has 0 aliphatic rings. The van der Waals surface area contributed by atoms with Gasteiger partial charge in [-0.15, -0.1) is 0 Å². The predicted molar refractivity (Wildman–Crippen MR) is 96.6 cm³/mol. The summed E-state index contributed by atoms with van der Waals surface area (Å²) in [6.45, 7) is 7.22. The van der Waals surface area contributed by atoms with E-state index < -0.39 is 22.9 Å². The van der Waals surface area contributed by atoms with Crippen molar-refractivity contribution >= 4 is 35.0 Å². The molecule has 9 heteroatoms. The maximum Gasteiger partial charge on any atom is 0.416 e. The molecule has 0 bridgehead atoms. The smallest absolute Gasteiger partial charge is 0.324 e. The van der Waals surface area contributed by atoms with Crippen LogP contribution in [-0.4, -0.2) is 21.1 Å². The van der Waals surface area contributed by atoms with Crippen LogP contribution < -0.4 is 5.32 Å². The Morgan fingerprint density at radius 1 is 1.19 bits per heavy atom. The van der Waals surface area contributed by atoms with Crippen LogP contribution in [0.25, 0.3) is 0 Å². The highest BCUT2D eigenvalue weighted by atomic mass is 35.5. The van der Waals surface area contributed by atoms with Gasteiger partial charge >= 0.3 is 6.18 Å². The normalized spacial score (nSPS) is 12.8. The van der Waals surface area contributed by atoms with Crippen molar-refractivity contribution in [2.24, 2.45) is 0 Å². The van der Waals surface area contributed by atoms with Gasteiger partial charge in [0.25, 0.3) is 0 Å². The molecular formula is C17H17ClF3N3OS. The van der Waals surface area contributed by atoms with E-state index in [1.807, 2.05) is 20.8 Å². The Labute approximate surface area is 158 Å². The van der Waals surface area contributed by atoms with Crippen LogP contribution in [-0.2, 0) is 11.0 Å². The number of carbonyl (C=O) groups is 1. The first kappa shape index (κ1) is 20.5. The number of alkyl halides is 3. The molecule has 0 aliphatic heterocycles. The summed E-state index contributed by atoms with van der Waals surface area (Å²) in [5, 5.41) is 2.28. The van der Waals surface area contributed by atoms with Gasteiger partial charge < -0.3 is 5.32 Å². The zero-order chi connectivity index (χ0) is 19.6. The van der Waals surface area contributed by atoms with Gasteiger partial charge in [0.05, 0.1) is 21.5 Å². The third-order valence-electron chi connectivity index (χ3n) is 3.82. The summed E-state index contributed by atoms with van der Waals surface area (Å²) in [5.74, 6) is -0.490. The molecule has 26 heavy (non-hydrogen) atoms. The van der Waals surface area contributed by atoms with Crippen molar-refractivity contribution < 1.29 is 18.0 Å². The maximum absolute atomic E-state index is 12.8. The number of hydrogen-bond acceptors (Lipinski definition) is 4. The van der Waals surface area contributed by atoms with Crippen LogP contribution in [0.15, 0.2) is 23.4 Å². The molecule has 0 aliphatic carbocycles. The number of anilines is 1. The summed E-state index contributed by atoms with van der Waals surface area (Å²) in [4.78, 5) is 21.0. The van der Waals surface area contributed by atoms with E-state index in [0.29, 0.717) is 5.16 Å². The second kappa shape index (κ2) is 7.84. The zero-order valence-electron chi connectivity index (χ0n) is 14.5. The minimum Gasteiger partial charge on any atom is -0.324 e. The molecule has 1 heterocycles. The predicted octanol–water partition coefficient (Wildman–Crippen LogP) is 5.19. The fourth-order valence-electron chi connectivity index (χ4n) is 2.04. The Morgan fingerprint density at radius 3 is 2.31 bits per heavy atom.